The first kappa shape index (κ1) is 10.7. The van der Waals surface area contributed by atoms with Crippen molar-refractivity contribution in [3.63, 3.8) is 0 Å². The van der Waals surface area contributed by atoms with Crippen LogP contribution in [0.1, 0.15) is 13.3 Å². The van der Waals surface area contributed by atoms with Crippen molar-refractivity contribution in [3.05, 3.63) is 11.6 Å². The van der Waals surface area contributed by atoms with E-state index in [1.807, 2.05) is 12.3 Å². The molecule has 0 N–H and O–H groups in total. The predicted octanol–water partition coefficient (Wildman–Crippen LogP) is 2.77. The summed E-state index contributed by atoms with van der Waals surface area (Å²) in [6, 6.07) is -0.863. The van der Waals surface area contributed by atoms with E-state index >= 15 is 0 Å². The van der Waals surface area contributed by atoms with Crippen LogP contribution < -0.4 is 0 Å². The minimum absolute atomic E-state index is 0.357. The molecule has 1 unspecified atom stereocenters. The van der Waals surface area contributed by atoms with Crippen LogP contribution in [0.15, 0.2) is 16.6 Å². The van der Waals surface area contributed by atoms with Crippen molar-refractivity contribution in [1.29, 1.82) is 0 Å². The number of rotatable bonds is 3. The number of hydrogen-bond acceptors (Lipinski definition) is 2. The highest BCUT2D eigenvalue weighted by atomic mass is 32.2. The molecule has 1 heterocycles. The molecular weight excluding hydrogens is 192 g/mol. The van der Waals surface area contributed by atoms with E-state index in [9.17, 15) is 8.78 Å². The summed E-state index contributed by atoms with van der Waals surface area (Å²) in [4.78, 5) is 3.84. The topological polar surface area (TPSA) is 12.4 Å². The Kier molecular flexibility index (Phi) is 3.47. The fourth-order valence-electron chi connectivity index (χ4n) is 1.16. The molecule has 1 aliphatic rings. The average molecular weight is 205 g/mol. The molecule has 1 nitrogen and oxygen atoms in total. The number of nitrogens with zero attached hydrogens (tertiary/aromatic N) is 1. The molecule has 0 aliphatic carbocycles. The summed E-state index contributed by atoms with van der Waals surface area (Å²) in [6.45, 7) is 0.919. The molecule has 0 fully saturated rings. The highest BCUT2D eigenvalue weighted by Crippen LogP contribution is 2.26. The average Bonchev–Trinajstić information content (AvgIpc) is 2.04. The summed E-state index contributed by atoms with van der Waals surface area (Å²) < 4.78 is 25.5. The molecule has 1 atom stereocenters. The zero-order chi connectivity index (χ0) is 9.90. The molecule has 0 saturated carbocycles. The largest absolute Gasteiger partial charge is 0.283 e. The maximum absolute atomic E-state index is 12.8. The third kappa shape index (κ3) is 3.10. The first-order chi connectivity index (χ1) is 6.04. The third-order valence-electron chi connectivity index (χ3n) is 1.92. The molecule has 0 spiro atoms. The molecule has 0 aromatic heterocycles. The van der Waals surface area contributed by atoms with Gasteiger partial charge >= 0.3 is 0 Å². The van der Waals surface area contributed by atoms with Crippen LogP contribution in [0.5, 0.6) is 0 Å². The fourth-order valence-corrected chi connectivity index (χ4v) is 1.69. The Labute approximate surface area is 81.3 Å². The second-order valence-corrected chi connectivity index (χ2v) is 4.06. The number of halogens is 2. The fraction of sp³-hybridized carbons (Fsp3) is 0.667. The molecule has 1 aliphatic heterocycles. The van der Waals surface area contributed by atoms with Gasteiger partial charge in [0.2, 0.25) is 0 Å². The zero-order valence-electron chi connectivity index (χ0n) is 7.76. The Hall–Kier alpha value is -0.380. The van der Waals surface area contributed by atoms with Crippen molar-refractivity contribution in [1.82, 2.24) is 0 Å². The van der Waals surface area contributed by atoms with Crippen LogP contribution in [0.25, 0.3) is 0 Å². The molecular formula is C9H13F2NS. The standard InChI is InChI=1S/C9H13F2NS/c1-9(10,11)8-4-3-7(5-12-8)6-13-2/h3,5,8H,4,6H2,1-2H3. The molecule has 0 radical (unpaired) electrons. The zero-order valence-corrected chi connectivity index (χ0v) is 8.57. The van der Waals surface area contributed by atoms with Crippen LogP contribution in [0.2, 0.25) is 0 Å². The van der Waals surface area contributed by atoms with E-state index in [0.717, 1.165) is 18.2 Å². The number of aliphatic imine (C=N–C) groups is 1. The van der Waals surface area contributed by atoms with Gasteiger partial charge in [-0.1, -0.05) is 6.08 Å². The highest BCUT2D eigenvalue weighted by Gasteiger charge is 2.33. The van der Waals surface area contributed by atoms with Crippen molar-refractivity contribution in [2.75, 3.05) is 12.0 Å². The van der Waals surface area contributed by atoms with Gasteiger partial charge in [-0.15, -0.1) is 0 Å². The lowest BCUT2D eigenvalue weighted by molar-refractivity contribution is -0.00364. The van der Waals surface area contributed by atoms with E-state index in [1.54, 1.807) is 18.0 Å². The summed E-state index contributed by atoms with van der Waals surface area (Å²) >= 11 is 1.67. The summed E-state index contributed by atoms with van der Waals surface area (Å²) in [7, 11) is 0. The van der Waals surface area contributed by atoms with E-state index in [4.69, 9.17) is 0 Å². The smallest absolute Gasteiger partial charge is 0.267 e. The van der Waals surface area contributed by atoms with E-state index in [2.05, 4.69) is 4.99 Å². The molecule has 0 aromatic carbocycles. The van der Waals surface area contributed by atoms with Crippen molar-refractivity contribution in [2.24, 2.45) is 4.99 Å². The van der Waals surface area contributed by atoms with Gasteiger partial charge in [0.15, 0.2) is 0 Å². The van der Waals surface area contributed by atoms with Crippen LogP contribution in [0, 0.1) is 0 Å². The van der Waals surface area contributed by atoms with Crippen molar-refractivity contribution >= 4 is 18.0 Å². The van der Waals surface area contributed by atoms with Gasteiger partial charge in [-0.25, -0.2) is 8.78 Å². The Morgan fingerprint density at radius 1 is 1.69 bits per heavy atom. The van der Waals surface area contributed by atoms with Crippen LogP contribution in [0.4, 0.5) is 8.78 Å². The minimum atomic E-state index is -2.70. The van der Waals surface area contributed by atoms with Gasteiger partial charge in [0, 0.05) is 18.9 Å². The van der Waals surface area contributed by atoms with E-state index in [1.165, 1.54) is 0 Å². The lowest BCUT2D eigenvalue weighted by Gasteiger charge is -2.21. The molecule has 13 heavy (non-hydrogen) atoms. The van der Waals surface area contributed by atoms with Gasteiger partial charge in [-0.3, -0.25) is 4.99 Å². The summed E-state index contributed by atoms with van der Waals surface area (Å²) in [6.07, 6.45) is 5.76. The van der Waals surface area contributed by atoms with Gasteiger partial charge < -0.3 is 0 Å². The molecule has 74 valence electrons. The van der Waals surface area contributed by atoms with Crippen molar-refractivity contribution in [3.8, 4) is 0 Å². The SMILES string of the molecule is CSCC1=CCC(C(C)(F)F)N=C1. The molecule has 4 heteroatoms. The summed E-state index contributed by atoms with van der Waals surface area (Å²) in [5, 5.41) is 0. The molecule has 0 saturated heterocycles. The number of thioether (sulfide) groups is 1. The van der Waals surface area contributed by atoms with Gasteiger partial charge in [0.1, 0.15) is 6.04 Å². The van der Waals surface area contributed by atoms with Gasteiger partial charge in [0.05, 0.1) is 0 Å². The van der Waals surface area contributed by atoms with E-state index in [-0.39, 0.29) is 0 Å². The molecule has 0 amide bonds. The lowest BCUT2D eigenvalue weighted by atomic mass is 10.0. The maximum Gasteiger partial charge on any atom is 0.267 e. The Morgan fingerprint density at radius 2 is 2.38 bits per heavy atom. The van der Waals surface area contributed by atoms with E-state index < -0.39 is 12.0 Å². The predicted molar refractivity (Wildman–Crippen MR) is 54.0 cm³/mol. The van der Waals surface area contributed by atoms with Crippen LogP contribution in [-0.2, 0) is 0 Å². The summed E-state index contributed by atoms with van der Waals surface area (Å²) in [5.74, 6) is -1.84. The molecule has 0 bridgehead atoms. The quantitative estimate of drug-likeness (QED) is 0.690. The lowest BCUT2D eigenvalue weighted by Crippen LogP contribution is -2.29. The second-order valence-electron chi connectivity index (χ2n) is 3.20. The Bertz CT molecular complexity index is 230. The highest BCUT2D eigenvalue weighted by molar-refractivity contribution is 7.98. The third-order valence-corrected chi connectivity index (χ3v) is 2.54. The normalized spacial score (nSPS) is 23.1. The Balaban J connectivity index is 2.53. The second kappa shape index (κ2) is 4.22. The number of dihydropyridines is 1. The Morgan fingerprint density at radius 3 is 2.77 bits per heavy atom. The van der Waals surface area contributed by atoms with Crippen LogP contribution in [-0.4, -0.2) is 30.2 Å². The van der Waals surface area contributed by atoms with Gasteiger partial charge in [-0.2, -0.15) is 11.8 Å². The number of hydrogen-bond donors (Lipinski definition) is 0. The van der Waals surface area contributed by atoms with Gasteiger partial charge in [0.25, 0.3) is 5.92 Å². The van der Waals surface area contributed by atoms with Crippen LogP contribution >= 0.6 is 11.8 Å². The monoisotopic (exact) mass is 205 g/mol. The maximum atomic E-state index is 12.8. The number of alkyl halides is 2. The van der Waals surface area contributed by atoms with Gasteiger partial charge in [-0.05, 0) is 18.2 Å². The minimum Gasteiger partial charge on any atom is -0.283 e. The summed E-state index contributed by atoms with van der Waals surface area (Å²) in [5.41, 5.74) is 1.05. The molecule has 1 rings (SSSR count). The van der Waals surface area contributed by atoms with Crippen molar-refractivity contribution < 1.29 is 8.78 Å². The van der Waals surface area contributed by atoms with Crippen LogP contribution in [0.3, 0.4) is 0 Å². The van der Waals surface area contributed by atoms with Crippen molar-refractivity contribution in [2.45, 2.75) is 25.3 Å². The first-order valence-corrected chi connectivity index (χ1v) is 5.52. The first-order valence-electron chi connectivity index (χ1n) is 4.13. The molecule has 0 aromatic rings. The van der Waals surface area contributed by atoms with E-state index in [0.29, 0.717) is 6.42 Å².